The molecule has 1 heterocycles. The molecule has 0 atom stereocenters. The Kier molecular flexibility index (Phi) is 4.37. The molecule has 0 saturated heterocycles. The molecule has 0 spiro atoms. The number of hydrogen-bond donors (Lipinski definition) is 1. The Morgan fingerprint density at radius 2 is 2.26 bits per heavy atom. The highest BCUT2D eigenvalue weighted by molar-refractivity contribution is 9.10. The van der Waals surface area contributed by atoms with Crippen molar-refractivity contribution in [3.8, 4) is 0 Å². The number of halogens is 1. The molecule has 0 aliphatic heterocycles. The third-order valence-corrected chi connectivity index (χ3v) is 3.30. The molecule has 2 rings (SSSR count). The molecule has 1 N–H and O–H groups in total. The minimum Gasteiger partial charge on any atom is -0.308 e. The zero-order valence-corrected chi connectivity index (χ0v) is 12.6. The first-order valence-electron chi connectivity index (χ1n) is 6.17. The summed E-state index contributed by atoms with van der Waals surface area (Å²) in [5, 5.41) is 7.12. The van der Waals surface area contributed by atoms with Crippen LogP contribution in [0, 0.1) is 6.92 Å². The molecular weight excluding hydrogens is 306 g/mol. The standard InChI is InChI=1S/C14H16BrN3O/c1-3-13(19)16-14-12(15)9-18(17-14)8-11-6-4-5-10(2)7-11/h4-7,9H,3,8H2,1-2H3,(H,16,17,19). The number of aromatic nitrogens is 2. The van der Waals surface area contributed by atoms with Gasteiger partial charge in [0, 0.05) is 12.6 Å². The van der Waals surface area contributed by atoms with Crippen molar-refractivity contribution >= 4 is 27.7 Å². The number of nitrogens with one attached hydrogen (secondary N) is 1. The van der Waals surface area contributed by atoms with E-state index in [1.807, 2.05) is 23.9 Å². The molecule has 19 heavy (non-hydrogen) atoms. The maximum atomic E-state index is 11.4. The van der Waals surface area contributed by atoms with Gasteiger partial charge < -0.3 is 5.32 Å². The van der Waals surface area contributed by atoms with Crippen molar-refractivity contribution in [1.29, 1.82) is 0 Å². The van der Waals surface area contributed by atoms with E-state index in [1.165, 1.54) is 11.1 Å². The second-order valence-electron chi connectivity index (χ2n) is 4.41. The zero-order valence-electron chi connectivity index (χ0n) is 11.0. The van der Waals surface area contributed by atoms with Crippen LogP contribution in [0.4, 0.5) is 5.82 Å². The summed E-state index contributed by atoms with van der Waals surface area (Å²) in [5.74, 6) is 0.529. The molecule has 0 unspecified atom stereocenters. The van der Waals surface area contributed by atoms with E-state index in [0.717, 1.165) is 4.47 Å². The van der Waals surface area contributed by atoms with Crippen molar-refractivity contribution in [3.05, 3.63) is 46.1 Å². The third kappa shape index (κ3) is 3.67. The number of rotatable bonds is 4. The Labute approximate surface area is 120 Å². The number of hydrogen-bond acceptors (Lipinski definition) is 2. The summed E-state index contributed by atoms with van der Waals surface area (Å²) in [4.78, 5) is 11.4. The molecule has 1 aromatic carbocycles. The highest BCUT2D eigenvalue weighted by atomic mass is 79.9. The normalized spacial score (nSPS) is 10.5. The average molecular weight is 322 g/mol. The van der Waals surface area contributed by atoms with Crippen molar-refractivity contribution in [2.75, 3.05) is 5.32 Å². The number of amides is 1. The molecule has 0 bridgehead atoms. The van der Waals surface area contributed by atoms with Crippen LogP contribution >= 0.6 is 15.9 Å². The predicted molar refractivity (Wildman–Crippen MR) is 79.1 cm³/mol. The van der Waals surface area contributed by atoms with Crippen LogP contribution in [0.1, 0.15) is 24.5 Å². The molecule has 1 amide bonds. The van der Waals surface area contributed by atoms with E-state index in [1.54, 1.807) is 0 Å². The molecule has 0 aliphatic carbocycles. The first kappa shape index (κ1) is 13.8. The number of nitrogens with zero attached hydrogens (tertiary/aromatic N) is 2. The van der Waals surface area contributed by atoms with Crippen LogP contribution in [-0.2, 0) is 11.3 Å². The molecule has 4 nitrogen and oxygen atoms in total. The van der Waals surface area contributed by atoms with Gasteiger partial charge in [-0.15, -0.1) is 0 Å². The fraction of sp³-hybridized carbons (Fsp3) is 0.286. The van der Waals surface area contributed by atoms with Crippen LogP contribution in [0.5, 0.6) is 0 Å². The van der Waals surface area contributed by atoms with Crippen LogP contribution in [0.2, 0.25) is 0 Å². The van der Waals surface area contributed by atoms with Gasteiger partial charge in [0.05, 0.1) is 11.0 Å². The topological polar surface area (TPSA) is 46.9 Å². The number of aryl methyl sites for hydroxylation is 1. The van der Waals surface area contributed by atoms with Crippen molar-refractivity contribution in [2.45, 2.75) is 26.8 Å². The van der Waals surface area contributed by atoms with Crippen molar-refractivity contribution in [1.82, 2.24) is 9.78 Å². The van der Waals surface area contributed by atoms with Gasteiger partial charge in [-0.1, -0.05) is 36.8 Å². The summed E-state index contributed by atoms with van der Waals surface area (Å²) in [6, 6.07) is 8.28. The number of anilines is 1. The summed E-state index contributed by atoms with van der Waals surface area (Å²) >= 11 is 3.40. The Balaban J connectivity index is 2.14. The maximum Gasteiger partial charge on any atom is 0.225 e. The van der Waals surface area contributed by atoms with Gasteiger partial charge in [0.2, 0.25) is 5.91 Å². The van der Waals surface area contributed by atoms with E-state index >= 15 is 0 Å². The summed E-state index contributed by atoms with van der Waals surface area (Å²) < 4.78 is 2.60. The van der Waals surface area contributed by atoms with Gasteiger partial charge in [-0.05, 0) is 28.4 Å². The smallest absolute Gasteiger partial charge is 0.225 e. The quantitative estimate of drug-likeness (QED) is 0.938. The van der Waals surface area contributed by atoms with Gasteiger partial charge >= 0.3 is 0 Å². The van der Waals surface area contributed by atoms with Crippen molar-refractivity contribution in [2.24, 2.45) is 0 Å². The van der Waals surface area contributed by atoms with Gasteiger partial charge in [-0.25, -0.2) is 0 Å². The summed E-state index contributed by atoms with van der Waals surface area (Å²) in [5.41, 5.74) is 2.41. The van der Waals surface area contributed by atoms with Crippen molar-refractivity contribution < 1.29 is 4.79 Å². The van der Waals surface area contributed by atoms with E-state index in [2.05, 4.69) is 51.5 Å². The second kappa shape index (κ2) is 6.02. The fourth-order valence-electron chi connectivity index (χ4n) is 1.78. The summed E-state index contributed by atoms with van der Waals surface area (Å²) in [6.45, 7) is 4.56. The molecule has 0 radical (unpaired) electrons. The molecule has 5 heteroatoms. The number of benzene rings is 1. The van der Waals surface area contributed by atoms with E-state index in [0.29, 0.717) is 18.8 Å². The van der Waals surface area contributed by atoms with Gasteiger partial charge in [0.15, 0.2) is 5.82 Å². The van der Waals surface area contributed by atoms with E-state index in [9.17, 15) is 4.79 Å². The average Bonchev–Trinajstić information content (AvgIpc) is 2.69. The highest BCUT2D eigenvalue weighted by Crippen LogP contribution is 2.21. The minimum absolute atomic E-state index is 0.0403. The molecule has 2 aromatic rings. The van der Waals surface area contributed by atoms with Crippen LogP contribution in [-0.4, -0.2) is 15.7 Å². The molecule has 0 aliphatic rings. The largest absolute Gasteiger partial charge is 0.308 e. The fourth-order valence-corrected chi connectivity index (χ4v) is 2.20. The molecule has 100 valence electrons. The lowest BCUT2D eigenvalue weighted by Crippen LogP contribution is -2.11. The van der Waals surface area contributed by atoms with Gasteiger partial charge in [-0.2, -0.15) is 5.10 Å². The first-order chi connectivity index (χ1) is 9.08. The van der Waals surface area contributed by atoms with E-state index in [4.69, 9.17) is 0 Å². The maximum absolute atomic E-state index is 11.4. The Morgan fingerprint density at radius 1 is 1.47 bits per heavy atom. The number of carbonyl (C=O) groups is 1. The van der Waals surface area contributed by atoms with Gasteiger partial charge in [0.1, 0.15) is 0 Å². The lowest BCUT2D eigenvalue weighted by atomic mass is 10.1. The monoisotopic (exact) mass is 321 g/mol. The first-order valence-corrected chi connectivity index (χ1v) is 6.96. The third-order valence-electron chi connectivity index (χ3n) is 2.72. The lowest BCUT2D eigenvalue weighted by molar-refractivity contribution is -0.115. The minimum atomic E-state index is -0.0403. The van der Waals surface area contributed by atoms with Gasteiger partial charge in [0.25, 0.3) is 0 Å². The lowest BCUT2D eigenvalue weighted by Gasteiger charge is -2.03. The van der Waals surface area contributed by atoms with E-state index in [-0.39, 0.29) is 5.91 Å². The van der Waals surface area contributed by atoms with Crippen LogP contribution in [0.3, 0.4) is 0 Å². The van der Waals surface area contributed by atoms with Crippen LogP contribution in [0.25, 0.3) is 0 Å². The van der Waals surface area contributed by atoms with Gasteiger partial charge in [-0.3, -0.25) is 9.48 Å². The Bertz CT molecular complexity index is 592. The Hall–Kier alpha value is -1.62. The number of carbonyl (C=O) groups excluding carboxylic acids is 1. The summed E-state index contributed by atoms with van der Waals surface area (Å²) in [7, 11) is 0. The van der Waals surface area contributed by atoms with E-state index < -0.39 is 0 Å². The molecule has 0 fully saturated rings. The van der Waals surface area contributed by atoms with Crippen LogP contribution in [0.15, 0.2) is 34.9 Å². The SMILES string of the molecule is CCC(=O)Nc1nn(Cc2cccc(C)c2)cc1Br. The zero-order chi connectivity index (χ0) is 13.8. The summed E-state index contributed by atoms with van der Waals surface area (Å²) in [6.07, 6.45) is 2.31. The molecular formula is C14H16BrN3O. The second-order valence-corrected chi connectivity index (χ2v) is 5.27. The van der Waals surface area contributed by atoms with Crippen LogP contribution < -0.4 is 5.32 Å². The molecule has 1 aromatic heterocycles. The predicted octanol–water partition coefficient (Wildman–Crippen LogP) is 3.35. The van der Waals surface area contributed by atoms with Crippen molar-refractivity contribution in [3.63, 3.8) is 0 Å². The Morgan fingerprint density at radius 3 is 2.95 bits per heavy atom. The highest BCUT2D eigenvalue weighted by Gasteiger charge is 2.09. The molecule has 0 saturated carbocycles.